The van der Waals surface area contributed by atoms with Gasteiger partial charge in [0.15, 0.2) is 0 Å². The lowest BCUT2D eigenvalue weighted by atomic mass is 9.91. The molecule has 0 aromatic heterocycles. The molecule has 0 amide bonds. The van der Waals surface area contributed by atoms with E-state index in [1.54, 1.807) is 0 Å². The number of ketones is 1. The Bertz CT molecular complexity index is 308. The Labute approximate surface area is 97.9 Å². The van der Waals surface area contributed by atoms with Crippen LogP contribution in [0.15, 0.2) is 30.3 Å². The molecule has 0 unspecified atom stereocenters. The molecule has 0 aliphatic rings. The van der Waals surface area contributed by atoms with Gasteiger partial charge in [-0.2, -0.15) is 0 Å². The molecule has 0 heterocycles. The highest BCUT2D eigenvalue weighted by atomic mass is 16.1. The van der Waals surface area contributed by atoms with E-state index in [0.717, 1.165) is 12.8 Å². The quantitative estimate of drug-likeness (QED) is 0.766. The van der Waals surface area contributed by atoms with Crippen LogP contribution in [0.2, 0.25) is 0 Å². The number of Topliss-reactive ketones (excluding diaryl/α,β-unsaturated/α-hetero) is 1. The van der Waals surface area contributed by atoms with Crippen LogP contribution < -0.4 is 5.73 Å². The van der Waals surface area contributed by atoms with Gasteiger partial charge in [0.25, 0.3) is 0 Å². The van der Waals surface area contributed by atoms with Crippen LogP contribution in [0.4, 0.5) is 0 Å². The van der Waals surface area contributed by atoms with Gasteiger partial charge in [-0.1, -0.05) is 37.3 Å². The van der Waals surface area contributed by atoms with Gasteiger partial charge in [-0.15, -0.1) is 0 Å². The maximum Gasteiger partial charge on any atom is 0.132 e. The lowest BCUT2D eigenvalue weighted by molar-refractivity contribution is -0.119. The largest absolute Gasteiger partial charge is 0.330 e. The van der Waals surface area contributed by atoms with Crippen molar-refractivity contribution in [3.63, 3.8) is 0 Å². The Morgan fingerprint density at radius 3 is 2.56 bits per heavy atom. The van der Waals surface area contributed by atoms with Crippen LogP contribution in [0.3, 0.4) is 0 Å². The lowest BCUT2D eigenvalue weighted by Crippen LogP contribution is -2.15. The summed E-state index contributed by atoms with van der Waals surface area (Å²) in [5.74, 6) is 0.745. The summed E-state index contributed by atoms with van der Waals surface area (Å²) in [6.45, 7) is 2.58. The third-order valence-corrected chi connectivity index (χ3v) is 2.85. The first-order chi connectivity index (χ1) is 7.76. The Hall–Kier alpha value is -1.15. The maximum atomic E-state index is 11.4. The third kappa shape index (κ3) is 4.58. The molecule has 2 N–H and O–H groups in total. The zero-order valence-corrected chi connectivity index (χ0v) is 9.99. The zero-order valence-electron chi connectivity index (χ0n) is 9.99. The SMILES string of the molecule is CCC(=O)C[C@@H](CCN)Cc1ccccc1. The van der Waals surface area contributed by atoms with Crippen molar-refractivity contribution in [2.24, 2.45) is 11.7 Å². The fourth-order valence-electron chi connectivity index (χ4n) is 1.93. The number of carbonyl (C=O) groups is 1. The summed E-state index contributed by atoms with van der Waals surface area (Å²) in [6.07, 6.45) is 3.20. The van der Waals surface area contributed by atoms with Crippen molar-refractivity contribution in [1.29, 1.82) is 0 Å². The molecule has 88 valence electrons. The summed E-state index contributed by atoms with van der Waals surface area (Å²) >= 11 is 0. The summed E-state index contributed by atoms with van der Waals surface area (Å²) in [5, 5.41) is 0. The van der Waals surface area contributed by atoms with Gasteiger partial charge in [0.2, 0.25) is 0 Å². The smallest absolute Gasteiger partial charge is 0.132 e. The Kier molecular flexibility index (Phi) is 5.79. The summed E-state index contributed by atoms with van der Waals surface area (Å²) in [5.41, 5.74) is 6.89. The molecule has 2 heteroatoms. The summed E-state index contributed by atoms with van der Waals surface area (Å²) in [7, 11) is 0. The van der Waals surface area contributed by atoms with Gasteiger partial charge in [-0.05, 0) is 30.9 Å². The minimum absolute atomic E-state index is 0.342. The van der Waals surface area contributed by atoms with Crippen LogP contribution in [0, 0.1) is 5.92 Å². The molecule has 0 spiro atoms. The second-order valence-corrected chi connectivity index (χ2v) is 4.23. The second kappa shape index (κ2) is 7.18. The highest BCUT2D eigenvalue weighted by molar-refractivity contribution is 5.78. The normalized spacial score (nSPS) is 12.4. The van der Waals surface area contributed by atoms with E-state index < -0.39 is 0 Å². The average Bonchev–Trinajstić information content (AvgIpc) is 2.30. The van der Waals surface area contributed by atoms with Crippen molar-refractivity contribution in [2.75, 3.05) is 6.54 Å². The monoisotopic (exact) mass is 219 g/mol. The van der Waals surface area contributed by atoms with Gasteiger partial charge >= 0.3 is 0 Å². The van der Waals surface area contributed by atoms with Crippen LogP contribution in [0.5, 0.6) is 0 Å². The first kappa shape index (κ1) is 12.9. The van der Waals surface area contributed by atoms with Gasteiger partial charge < -0.3 is 5.73 Å². The molecule has 1 aromatic carbocycles. The van der Waals surface area contributed by atoms with Gasteiger partial charge in [0.05, 0.1) is 0 Å². The molecule has 0 aliphatic carbocycles. The molecule has 0 saturated carbocycles. The molecule has 0 radical (unpaired) electrons. The van der Waals surface area contributed by atoms with Crippen molar-refractivity contribution < 1.29 is 4.79 Å². The van der Waals surface area contributed by atoms with Gasteiger partial charge in [0.1, 0.15) is 5.78 Å². The molecule has 1 atom stereocenters. The van der Waals surface area contributed by atoms with Crippen LogP contribution in [0.25, 0.3) is 0 Å². The van der Waals surface area contributed by atoms with E-state index in [0.29, 0.717) is 31.1 Å². The van der Waals surface area contributed by atoms with E-state index in [-0.39, 0.29) is 0 Å². The summed E-state index contributed by atoms with van der Waals surface area (Å²) in [4.78, 5) is 11.4. The van der Waals surface area contributed by atoms with Crippen molar-refractivity contribution in [3.05, 3.63) is 35.9 Å². The molecule has 2 nitrogen and oxygen atoms in total. The number of nitrogens with two attached hydrogens (primary N) is 1. The molecule has 1 rings (SSSR count). The number of carbonyl (C=O) groups excluding carboxylic acids is 1. The van der Waals surface area contributed by atoms with E-state index in [1.807, 2.05) is 25.1 Å². The topological polar surface area (TPSA) is 43.1 Å². The molecule has 0 aliphatic heterocycles. The minimum atomic E-state index is 0.342. The van der Waals surface area contributed by atoms with Gasteiger partial charge in [0, 0.05) is 12.8 Å². The third-order valence-electron chi connectivity index (χ3n) is 2.85. The first-order valence-corrected chi connectivity index (χ1v) is 6.02. The summed E-state index contributed by atoms with van der Waals surface area (Å²) < 4.78 is 0. The van der Waals surface area contributed by atoms with Crippen molar-refractivity contribution >= 4 is 5.78 Å². The number of benzene rings is 1. The van der Waals surface area contributed by atoms with Crippen LogP contribution in [-0.2, 0) is 11.2 Å². The molecule has 0 fully saturated rings. The van der Waals surface area contributed by atoms with E-state index >= 15 is 0 Å². The maximum absolute atomic E-state index is 11.4. The molecule has 1 aromatic rings. The number of hydrogen-bond donors (Lipinski definition) is 1. The predicted molar refractivity (Wildman–Crippen MR) is 67.2 cm³/mol. The first-order valence-electron chi connectivity index (χ1n) is 6.02. The highest BCUT2D eigenvalue weighted by Crippen LogP contribution is 2.16. The predicted octanol–water partition coefficient (Wildman–Crippen LogP) is 2.56. The average molecular weight is 219 g/mol. The van der Waals surface area contributed by atoms with Gasteiger partial charge in [-0.3, -0.25) is 4.79 Å². The molecule has 0 saturated heterocycles. The van der Waals surface area contributed by atoms with Crippen molar-refractivity contribution in [3.8, 4) is 0 Å². The Balaban J connectivity index is 2.54. The molecular formula is C14H21NO. The standard InChI is InChI=1S/C14H21NO/c1-2-14(16)11-13(8-9-15)10-12-6-4-3-5-7-12/h3-7,13H,2,8-11,15H2,1H3/t13-/m0/s1. The lowest BCUT2D eigenvalue weighted by Gasteiger charge is -2.14. The molecular weight excluding hydrogens is 198 g/mol. The van der Waals surface area contributed by atoms with Crippen LogP contribution in [-0.4, -0.2) is 12.3 Å². The minimum Gasteiger partial charge on any atom is -0.330 e. The fourth-order valence-corrected chi connectivity index (χ4v) is 1.93. The van der Waals surface area contributed by atoms with Gasteiger partial charge in [-0.25, -0.2) is 0 Å². The number of hydrogen-bond acceptors (Lipinski definition) is 2. The molecule has 0 bridgehead atoms. The Morgan fingerprint density at radius 2 is 2.00 bits per heavy atom. The fraction of sp³-hybridized carbons (Fsp3) is 0.500. The Morgan fingerprint density at radius 1 is 1.31 bits per heavy atom. The van der Waals surface area contributed by atoms with Crippen LogP contribution in [0.1, 0.15) is 31.7 Å². The second-order valence-electron chi connectivity index (χ2n) is 4.23. The molecule has 16 heavy (non-hydrogen) atoms. The van der Waals surface area contributed by atoms with E-state index in [2.05, 4.69) is 12.1 Å². The number of rotatable bonds is 7. The van der Waals surface area contributed by atoms with Crippen LogP contribution >= 0.6 is 0 Å². The van der Waals surface area contributed by atoms with Crippen molar-refractivity contribution in [2.45, 2.75) is 32.6 Å². The van der Waals surface area contributed by atoms with E-state index in [1.165, 1.54) is 5.56 Å². The van der Waals surface area contributed by atoms with Crippen molar-refractivity contribution in [1.82, 2.24) is 0 Å². The zero-order chi connectivity index (χ0) is 11.8. The van der Waals surface area contributed by atoms with E-state index in [4.69, 9.17) is 5.73 Å². The summed E-state index contributed by atoms with van der Waals surface area (Å²) in [6, 6.07) is 10.3. The van der Waals surface area contributed by atoms with E-state index in [9.17, 15) is 4.79 Å². The highest BCUT2D eigenvalue weighted by Gasteiger charge is 2.12.